The third kappa shape index (κ3) is 7.03. The number of aryl methyl sites for hydroxylation is 1. The maximum Gasteiger partial charge on any atom is 0.328 e. The highest BCUT2D eigenvalue weighted by molar-refractivity contribution is 6.04. The second kappa shape index (κ2) is 11.1. The molecule has 11 nitrogen and oxygen atoms in total. The van der Waals surface area contributed by atoms with Gasteiger partial charge in [0.05, 0.1) is 6.42 Å². The van der Waals surface area contributed by atoms with Gasteiger partial charge in [0.1, 0.15) is 13.1 Å². The summed E-state index contributed by atoms with van der Waals surface area (Å²) in [6.07, 6.45) is -0.266. The van der Waals surface area contributed by atoms with E-state index in [-0.39, 0.29) is 25.5 Å². The standard InChI is InChI=1S/C24H27N5O6/c1-15-5-3-4-6-19(15)27-23(34)26-18-9-7-17(8-10-18)12-28-14-21(31)29(24(28)35)13-20(30)25-16(2)11-22(32)33/h3-10,16H,11-14H2,1-2H3,(H,25,30)(H,32,33)(H2,26,27,34). The van der Waals surface area contributed by atoms with E-state index in [2.05, 4.69) is 16.0 Å². The molecule has 1 heterocycles. The average Bonchev–Trinajstić information content (AvgIpc) is 3.03. The van der Waals surface area contributed by atoms with Gasteiger partial charge < -0.3 is 26.0 Å². The van der Waals surface area contributed by atoms with E-state index in [0.29, 0.717) is 11.4 Å². The number of hydrogen-bond acceptors (Lipinski definition) is 5. The molecular weight excluding hydrogens is 454 g/mol. The van der Waals surface area contributed by atoms with Crippen LogP contribution in [0, 0.1) is 6.92 Å². The van der Waals surface area contributed by atoms with Crippen LogP contribution in [0.4, 0.5) is 21.0 Å². The van der Waals surface area contributed by atoms with Gasteiger partial charge in [0.25, 0.3) is 5.91 Å². The van der Waals surface area contributed by atoms with Crippen molar-refractivity contribution in [3.05, 3.63) is 59.7 Å². The highest BCUT2D eigenvalue weighted by Crippen LogP contribution is 2.18. The minimum Gasteiger partial charge on any atom is -0.481 e. The first-order chi connectivity index (χ1) is 16.6. The Kier molecular flexibility index (Phi) is 8.03. The highest BCUT2D eigenvalue weighted by atomic mass is 16.4. The van der Waals surface area contributed by atoms with Crippen LogP contribution < -0.4 is 16.0 Å². The van der Waals surface area contributed by atoms with Gasteiger partial charge in [-0.15, -0.1) is 0 Å². The number of carboxylic acids is 1. The molecule has 0 radical (unpaired) electrons. The molecule has 2 aromatic carbocycles. The van der Waals surface area contributed by atoms with Gasteiger partial charge in [-0.3, -0.25) is 19.3 Å². The van der Waals surface area contributed by atoms with Gasteiger partial charge in [-0.05, 0) is 43.2 Å². The van der Waals surface area contributed by atoms with Gasteiger partial charge in [-0.2, -0.15) is 0 Å². The lowest BCUT2D eigenvalue weighted by molar-refractivity contribution is -0.138. The van der Waals surface area contributed by atoms with Crippen molar-refractivity contribution in [3.63, 3.8) is 0 Å². The molecule has 0 spiro atoms. The summed E-state index contributed by atoms with van der Waals surface area (Å²) in [5, 5.41) is 16.7. The molecule has 3 rings (SSSR count). The van der Waals surface area contributed by atoms with E-state index < -0.39 is 36.4 Å². The number of hydrogen-bond donors (Lipinski definition) is 4. The van der Waals surface area contributed by atoms with Gasteiger partial charge in [-0.25, -0.2) is 9.59 Å². The van der Waals surface area contributed by atoms with Crippen LogP contribution in [0.15, 0.2) is 48.5 Å². The quantitative estimate of drug-likeness (QED) is 0.404. The molecule has 11 heteroatoms. The molecule has 4 N–H and O–H groups in total. The number of carboxylic acid groups (broad SMARTS) is 1. The minimum absolute atomic E-state index is 0.147. The summed E-state index contributed by atoms with van der Waals surface area (Å²) >= 11 is 0. The number of benzene rings is 2. The van der Waals surface area contributed by atoms with Crippen LogP contribution in [0.5, 0.6) is 0 Å². The lowest BCUT2D eigenvalue weighted by Gasteiger charge is -2.18. The molecular formula is C24H27N5O6. The van der Waals surface area contributed by atoms with Crippen LogP contribution in [0.2, 0.25) is 0 Å². The van der Waals surface area contributed by atoms with Crippen molar-refractivity contribution in [1.29, 1.82) is 0 Å². The van der Waals surface area contributed by atoms with Crippen LogP contribution in [-0.2, 0) is 20.9 Å². The predicted octanol–water partition coefficient (Wildman–Crippen LogP) is 2.38. The van der Waals surface area contributed by atoms with E-state index in [4.69, 9.17) is 5.11 Å². The van der Waals surface area contributed by atoms with Crippen molar-refractivity contribution in [1.82, 2.24) is 15.1 Å². The molecule has 0 aromatic heterocycles. The maximum absolute atomic E-state index is 12.6. The van der Waals surface area contributed by atoms with Crippen molar-refractivity contribution in [3.8, 4) is 0 Å². The summed E-state index contributed by atoms with van der Waals surface area (Å²) in [4.78, 5) is 62.1. The first-order valence-electron chi connectivity index (χ1n) is 11.0. The zero-order chi connectivity index (χ0) is 25.5. The average molecular weight is 482 g/mol. The third-order valence-electron chi connectivity index (χ3n) is 5.30. The van der Waals surface area contributed by atoms with Crippen molar-refractivity contribution in [2.75, 3.05) is 23.7 Å². The molecule has 0 bridgehead atoms. The number of aliphatic carboxylic acids is 1. The Balaban J connectivity index is 1.52. The van der Waals surface area contributed by atoms with E-state index in [1.165, 1.54) is 11.8 Å². The van der Waals surface area contributed by atoms with Crippen molar-refractivity contribution in [2.24, 2.45) is 0 Å². The molecule has 1 aliphatic heterocycles. The Morgan fingerprint density at radius 2 is 1.71 bits per heavy atom. The van der Waals surface area contributed by atoms with E-state index in [9.17, 15) is 24.0 Å². The molecule has 1 saturated heterocycles. The van der Waals surface area contributed by atoms with E-state index in [1.54, 1.807) is 30.3 Å². The molecule has 0 saturated carbocycles. The van der Waals surface area contributed by atoms with Gasteiger partial charge in [-0.1, -0.05) is 30.3 Å². The Morgan fingerprint density at radius 1 is 1.03 bits per heavy atom. The molecule has 1 unspecified atom stereocenters. The Bertz CT molecular complexity index is 1130. The molecule has 2 aromatic rings. The number of nitrogens with zero attached hydrogens (tertiary/aromatic N) is 2. The van der Waals surface area contributed by atoms with Gasteiger partial charge >= 0.3 is 18.0 Å². The summed E-state index contributed by atoms with van der Waals surface area (Å²) < 4.78 is 0. The second-order valence-corrected chi connectivity index (χ2v) is 8.28. The molecule has 6 amide bonds. The molecule has 0 aliphatic carbocycles. The number of carbonyl (C=O) groups is 5. The number of amides is 6. The monoisotopic (exact) mass is 481 g/mol. The third-order valence-corrected chi connectivity index (χ3v) is 5.30. The van der Waals surface area contributed by atoms with Crippen LogP contribution in [0.3, 0.4) is 0 Å². The number of rotatable bonds is 9. The molecule has 184 valence electrons. The largest absolute Gasteiger partial charge is 0.481 e. The highest BCUT2D eigenvalue weighted by Gasteiger charge is 2.37. The number of nitrogens with one attached hydrogen (secondary N) is 3. The fourth-order valence-corrected chi connectivity index (χ4v) is 3.56. The summed E-state index contributed by atoms with van der Waals surface area (Å²) in [6.45, 7) is 2.92. The number of urea groups is 2. The normalized spacial score (nSPS) is 14.0. The van der Waals surface area contributed by atoms with Gasteiger partial charge in [0.15, 0.2) is 0 Å². The van der Waals surface area contributed by atoms with Gasteiger partial charge in [0, 0.05) is 24.0 Å². The Hall–Kier alpha value is -4.41. The SMILES string of the molecule is Cc1ccccc1NC(=O)Nc1ccc(CN2CC(=O)N(CC(=O)NC(C)CC(=O)O)C2=O)cc1. The maximum atomic E-state index is 12.6. The molecule has 1 atom stereocenters. The Labute approximate surface area is 202 Å². The number of carbonyl (C=O) groups excluding carboxylic acids is 4. The zero-order valence-corrected chi connectivity index (χ0v) is 19.4. The fraction of sp³-hybridized carbons (Fsp3) is 0.292. The van der Waals surface area contributed by atoms with E-state index in [1.807, 2.05) is 25.1 Å². The van der Waals surface area contributed by atoms with Crippen LogP contribution in [-0.4, -0.2) is 63.9 Å². The molecule has 35 heavy (non-hydrogen) atoms. The molecule has 1 fully saturated rings. The number of imide groups is 1. The summed E-state index contributed by atoms with van der Waals surface area (Å²) in [6, 6.07) is 12.6. The summed E-state index contributed by atoms with van der Waals surface area (Å²) in [7, 11) is 0. The van der Waals surface area contributed by atoms with Crippen LogP contribution >= 0.6 is 0 Å². The summed E-state index contributed by atoms with van der Waals surface area (Å²) in [5.41, 5.74) is 2.92. The first kappa shape index (κ1) is 25.2. The zero-order valence-electron chi connectivity index (χ0n) is 19.4. The summed E-state index contributed by atoms with van der Waals surface area (Å²) in [5.74, 6) is -2.19. The van der Waals surface area contributed by atoms with Crippen molar-refractivity contribution >= 4 is 41.2 Å². The van der Waals surface area contributed by atoms with Crippen LogP contribution in [0.25, 0.3) is 0 Å². The predicted molar refractivity (Wildman–Crippen MR) is 128 cm³/mol. The Morgan fingerprint density at radius 3 is 2.37 bits per heavy atom. The van der Waals surface area contributed by atoms with Crippen LogP contribution in [0.1, 0.15) is 24.5 Å². The number of para-hydroxylation sites is 1. The topological polar surface area (TPSA) is 148 Å². The van der Waals surface area contributed by atoms with Gasteiger partial charge in [0.2, 0.25) is 5.91 Å². The van der Waals surface area contributed by atoms with E-state index in [0.717, 1.165) is 16.0 Å². The molecule has 1 aliphatic rings. The van der Waals surface area contributed by atoms with Crippen molar-refractivity contribution in [2.45, 2.75) is 32.9 Å². The smallest absolute Gasteiger partial charge is 0.328 e. The van der Waals surface area contributed by atoms with Crippen molar-refractivity contribution < 1.29 is 29.1 Å². The lowest BCUT2D eigenvalue weighted by Crippen LogP contribution is -2.44. The fourth-order valence-electron chi connectivity index (χ4n) is 3.56. The second-order valence-electron chi connectivity index (χ2n) is 8.28. The number of anilines is 2. The minimum atomic E-state index is -1.06. The lowest BCUT2D eigenvalue weighted by atomic mass is 10.2. The van der Waals surface area contributed by atoms with E-state index >= 15 is 0 Å². The first-order valence-corrected chi connectivity index (χ1v) is 11.0.